The van der Waals surface area contributed by atoms with Gasteiger partial charge in [0.1, 0.15) is 0 Å². The first-order chi connectivity index (χ1) is 9.33. The van der Waals surface area contributed by atoms with Crippen molar-refractivity contribution >= 4 is 6.03 Å². The van der Waals surface area contributed by atoms with Crippen LogP contribution in [0.5, 0.6) is 0 Å². The second-order valence-electron chi connectivity index (χ2n) is 5.19. The van der Waals surface area contributed by atoms with Gasteiger partial charge in [0.15, 0.2) is 0 Å². The summed E-state index contributed by atoms with van der Waals surface area (Å²) in [5.41, 5.74) is 0. The molecule has 0 spiro atoms. The van der Waals surface area contributed by atoms with Gasteiger partial charge in [-0.1, -0.05) is 26.2 Å². The molecule has 0 aromatic carbocycles. The lowest BCUT2D eigenvalue weighted by Gasteiger charge is -2.27. The van der Waals surface area contributed by atoms with Crippen LogP contribution in [-0.4, -0.2) is 56.7 Å². The van der Waals surface area contributed by atoms with E-state index < -0.39 is 0 Å². The van der Waals surface area contributed by atoms with Gasteiger partial charge in [-0.2, -0.15) is 0 Å². The monoisotopic (exact) mass is 270 g/mol. The highest BCUT2D eigenvalue weighted by molar-refractivity contribution is 5.73. The summed E-state index contributed by atoms with van der Waals surface area (Å²) in [5.74, 6) is 0. The largest absolute Gasteiger partial charge is 0.338 e. The van der Waals surface area contributed by atoms with Crippen molar-refractivity contribution in [2.24, 2.45) is 0 Å². The summed E-state index contributed by atoms with van der Waals surface area (Å²) in [5, 5.41) is 9.17. The number of hydrogen-bond donors (Lipinski definition) is 3. The van der Waals surface area contributed by atoms with Crippen molar-refractivity contribution in [3.05, 3.63) is 0 Å². The van der Waals surface area contributed by atoms with E-state index in [4.69, 9.17) is 0 Å². The molecule has 19 heavy (non-hydrogen) atoms. The van der Waals surface area contributed by atoms with Crippen molar-refractivity contribution in [1.82, 2.24) is 20.9 Å². The van der Waals surface area contributed by atoms with Crippen molar-refractivity contribution in [3.63, 3.8) is 0 Å². The molecule has 0 bridgehead atoms. The van der Waals surface area contributed by atoms with Crippen LogP contribution in [0.15, 0.2) is 0 Å². The maximum absolute atomic E-state index is 11.5. The van der Waals surface area contributed by atoms with Gasteiger partial charge in [-0.05, 0) is 19.4 Å². The topological polar surface area (TPSA) is 56.4 Å². The molecule has 0 unspecified atom stereocenters. The number of carbonyl (C=O) groups is 1. The summed E-state index contributed by atoms with van der Waals surface area (Å²) in [6, 6.07) is -0.0168. The van der Waals surface area contributed by atoms with Gasteiger partial charge in [0.05, 0.1) is 0 Å². The maximum atomic E-state index is 11.5. The molecule has 0 atom stereocenters. The van der Waals surface area contributed by atoms with Crippen LogP contribution in [0.2, 0.25) is 0 Å². The Hall–Kier alpha value is -0.810. The molecule has 5 nitrogen and oxygen atoms in total. The summed E-state index contributed by atoms with van der Waals surface area (Å²) in [7, 11) is 0. The Kier molecular flexibility index (Phi) is 9.45. The second-order valence-corrected chi connectivity index (χ2v) is 5.19. The normalized spacial score (nSPS) is 16.3. The smallest absolute Gasteiger partial charge is 0.314 e. The summed E-state index contributed by atoms with van der Waals surface area (Å²) in [6.45, 7) is 9.27. The van der Waals surface area contributed by atoms with Gasteiger partial charge >= 0.3 is 6.03 Å². The number of amides is 2. The Balaban J connectivity index is 1.86. The Morgan fingerprint density at radius 2 is 1.74 bits per heavy atom. The molecule has 1 saturated heterocycles. The van der Waals surface area contributed by atoms with Crippen LogP contribution in [0.1, 0.15) is 39.0 Å². The van der Waals surface area contributed by atoms with Crippen LogP contribution in [0.3, 0.4) is 0 Å². The number of carbonyl (C=O) groups excluding carboxylic acids is 1. The van der Waals surface area contributed by atoms with E-state index in [1.165, 1.54) is 19.3 Å². The highest BCUT2D eigenvalue weighted by Crippen LogP contribution is 1.97. The quantitative estimate of drug-likeness (QED) is 0.551. The van der Waals surface area contributed by atoms with Crippen molar-refractivity contribution in [1.29, 1.82) is 0 Å². The van der Waals surface area contributed by atoms with Crippen LogP contribution in [-0.2, 0) is 0 Å². The SMILES string of the molecule is CCCCCCNC(=O)NCCCN1CCNCC1. The summed E-state index contributed by atoms with van der Waals surface area (Å²) < 4.78 is 0. The van der Waals surface area contributed by atoms with Gasteiger partial charge in [-0.15, -0.1) is 0 Å². The first kappa shape index (κ1) is 16.2. The van der Waals surface area contributed by atoms with Crippen LogP contribution in [0, 0.1) is 0 Å². The van der Waals surface area contributed by atoms with Crippen LogP contribution >= 0.6 is 0 Å². The van der Waals surface area contributed by atoms with E-state index in [0.717, 1.165) is 58.7 Å². The molecule has 0 aliphatic carbocycles. The zero-order valence-electron chi connectivity index (χ0n) is 12.3. The number of piperazine rings is 1. The number of nitrogens with zero attached hydrogens (tertiary/aromatic N) is 1. The minimum absolute atomic E-state index is 0.0168. The Morgan fingerprint density at radius 3 is 2.42 bits per heavy atom. The van der Waals surface area contributed by atoms with Crippen molar-refractivity contribution in [3.8, 4) is 0 Å². The van der Waals surface area contributed by atoms with E-state index in [0.29, 0.717) is 0 Å². The third kappa shape index (κ3) is 8.83. The zero-order valence-corrected chi connectivity index (χ0v) is 12.3. The number of urea groups is 1. The minimum Gasteiger partial charge on any atom is -0.338 e. The predicted octanol–water partition coefficient (Wildman–Crippen LogP) is 1.16. The third-order valence-corrected chi connectivity index (χ3v) is 3.46. The number of rotatable bonds is 9. The van der Waals surface area contributed by atoms with Gasteiger partial charge in [-0.3, -0.25) is 0 Å². The standard InChI is InChI=1S/C14H30N4O/c1-2-3-4-5-7-16-14(19)17-8-6-11-18-12-9-15-10-13-18/h15H,2-13H2,1H3,(H2,16,17,19). The molecule has 0 aromatic heterocycles. The summed E-state index contributed by atoms with van der Waals surface area (Å²) in [6.07, 6.45) is 5.82. The lowest BCUT2D eigenvalue weighted by molar-refractivity contribution is 0.230. The molecule has 1 aliphatic rings. The number of hydrogen-bond acceptors (Lipinski definition) is 3. The maximum Gasteiger partial charge on any atom is 0.314 e. The van der Waals surface area contributed by atoms with Crippen molar-refractivity contribution < 1.29 is 4.79 Å². The van der Waals surface area contributed by atoms with Crippen molar-refractivity contribution in [2.75, 3.05) is 45.8 Å². The van der Waals surface area contributed by atoms with Gasteiger partial charge in [0.2, 0.25) is 0 Å². The summed E-state index contributed by atoms with van der Waals surface area (Å²) >= 11 is 0. The van der Waals surface area contributed by atoms with E-state index in [2.05, 4.69) is 27.8 Å². The number of nitrogens with one attached hydrogen (secondary N) is 3. The molecule has 1 heterocycles. The molecule has 5 heteroatoms. The van der Waals surface area contributed by atoms with Crippen LogP contribution < -0.4 is 16.0 Å². The molecule has 1 aliphatic heterocycles. The van der Waals surface area contributed by atoms with Gasteiger partial charge in [-0.25, -0.2) is 4.79 Å². The van der Waals surface area contributed by atoms with Gasteiger partial charge < -0.3 is 20.9 Å². The minimum atomic E-state index is -0.0168. The van der Waals surface area contributed by atoms with Crippen molar-refractivity contribution in [2.45, 2.75) is 39.0 Å². The van der Waals surface area contributed by atoms with Crippen LogP contribution in [0.25, 0.3) is 0 Å². The second kappa shape index (κ2) is 11.1. The fraction of sp³-hybridized carbons (Fsp3) is 0.929. The average Bonchev–Trinajstić information content (AvgIpc) is 2.44. The molecule has 112 valence electrons. The van der Waals surface area contributed by atoms with Gasteiger partial charge in [0, 0.05) is 39.3 Å². The van der Waals surface area contributed by atoms with E-state index >= 15 is 0 Å². The fourth-order valence-corrected chi connectivity index (χ4v) is 2.26. The third-order valence-electron chi connectivity index (χ3n) is 3.46. The molecule has 0 saturated carbocycles. The first-order valence-corrected chi connectivity index (χ1v) is 7.77. The van der Waals surface area contributed by atoms with Gasteiger partial charge in [0.25, 0.3) is 0 Å². The van der Waals surface area contributed by atoms with Crippen LogP contribution in [0.4, 0.5) is 4.79 Å². The Labute approximate surface area is 117 Å². The molecule has 0 aromatic rings. The molecule has 1 fully saturated rings. The van der Waals surface area contributed by atoms with E-state index in [1.54, 1.807) is 0 Å². The molecular weight excluding hydrogens is 240 g/mol. The molecular formula is C14H30N4O. The fourth-order valence-electron chi connectivity index (χ4n) is 2.26. The highest BCUT2D eigenvalue weighted by Gasteiger charge is 2.08. The first-order valence-electron chi connectivity index (χ1n) is 7.77. The molecule has 2 amide bonds. The molecule has 0 radical (unpaired) electrons. The Bertz CT molecular complexity index is 229. The lowest BCUT2D eigenvalue weighted by atomic mass is 10.2. The average molecular weight is 270 g/mol. The predicted molar refractivity (Wildman–Crippen MR) is 79.5 cm³/mol. The van der Waals surface area contributed by atoms with E-state index in [-0.39, 0.29) is 6.03 Å². The zero-order chi connectivity index (χ0) is 13.8. The lowest BCUT2D eigenvalue weighted by Crippen LogP contribution is -2.44. The molecule has 1 rings (SSSR count). The Morgan fingerprint density at radius 1 is 1.05 bits per heavy atom. The molecule has 3 N–H and O–H groups in total. The highest BCUT2D eigenvalue weighted by atomic mass is 16.2. The number of unbranched alkanes of at least 4 members (excludes halogenated alkanes) is 3. The van der Waals surface area contributed by atoms with E-state index in [9.17, 15) is 4.79 Å². The van der Waals surface area contributed by atoms with E-state index in [1.807, 2.05) is 0 Å². The summed E-state index contributed by atoms with van der Waals surface area (Å²) in [4.78, 5) is 13.9.